The van der Waals surface area contributed by atoms with Crippen molar-refractivity contribution in [1.29, 1.82) is 0 Å². The Morgan fingerprint density at radius 2 is 2.00 bits per heavy atom. The number of carboxylic acids is 1. The van der Waals surface area contributed by atoms with Gasteiger partial charge in [-0.1, -0.05) is 20.3 Å². The predicted molar refractivity (Wildman–Crippen MR) is 74.0 cm³/mol. The number of carboxylic acid groups (broad SMARTS) is 1. The van der Waals surface area contributed by atoms with Crippen LogP contribution >= 0.6 is 0 Å². The zero-order chi connectivity index (χ0) is 14.6. The number of hydrogen-bond acceptors (Lipinski definition) is 2. The van der Waals surface area contributed by atoms with E-state index in [0.717, 1.165) is 19.3 Å². The molecule has 2 N–H and O–H groups in total. The number of carbonyl (C=O) groups excluding carboxylic acids is 1. The smallest absolute Gasteiger partial charge is 0.329 e. The van der Waals surface area contributed by atoms with Crippen molar-refractivity contribution in [3.63, 3.8) is 0 Å². The standard InChI is InChI=1S/C14H26N2O3/c1-5-10(3)9-16(6-2)13(19)15-14(4,12(17)18)11-7-8-11/h10-11H,5-9H2,1-4H3,(H,15,19)(H,17,18). The van der Waals surface area contributed by atoms with Crippen molar-refractivity contribution in [2.75, 3.05) is 13.1 Å². The lowest BCUT2D eigenvalue weighted by molar-refractivity contribution is -0.144. The molecule has 0 aromatic heterocycles. The van der Waals surface area contributed by atoms with Crippen LogP contribution in [0.2, 0.25) is 0 Å². The van der Waals surface area contributed by atoms with Crippen molar-refractivity contribution in [2.45, 2.75) is 52.5 Å². The van der Waals surface area contributed by atoms with E-state index in [2.05, 4.69) is 19.2 Å². The van der Waals surface area contributed by atoms with Gasteiger partial charge in [-0.2, -0.15) is 0 Å². The first-order valence-electron chi connectivity index (χ1n) is 7.15. The van der Waals surface area contributed by atoms with Crippen molar-refractivity contribution in [1.82, 2.24) is 10.2 Å². The Hall–Kier alpha value is -1.26. The van der Waals surface area contributed by atoms with Crippen LogP contribution in [0.3, 0.4) is 0 Å². The fourth-order valence-corrected chi connectivity index (χ4v) is 2.15. The molecule has 2 unspecified atom stereocenters. The molecule has 19 heavy (non-hydrogen) atoms. The molecule has 0 aromatic carbocycles. The summed E-state index contributed by atoms with van der Waals surface area (Å²) < 4.78 is 0. The average Bonchev–Trinajstić information content (AvgIpc) is 3.19. The second-order valence-electron chi connectivity index (χ2n) is 5.76. The maximum atomic E-state index is 12.2. The average molecular weight is 270 g/mol. The summed E-state index contributed by atoms with van der Waals surface area (Å²) in [4.78, 5) is 25.3. The Morgan fingerprint density at radius 1 is 1.42 bits per heavy atom. The lowest BCUT2D eigenvalue weighted by Crippen LogP contribution is -2.57. The fourth-order valence-electron chi connectivity index (χ4n) is 2.15. The molecule has 2 atom stereocenters. The zero-order valence-electron chi connectivity index (χ0n) is 12.4. The second kappa shape index (κ2) is 6.26. The number of urea groups is 1. The van der Waals surface area contributed by atoms with E-state index in [1.165, 1.54) is 0 Å². The molecule has 1 saturated carbocycles. The molecule has 0 aromatic rings. The van der Waals surface area contributed by atoms with E-state index >= 15 is 0 Å². The molecule has 0 aliphatic heterocycles. The van der Waals surface area contributed by atoms with E-state index < -0.39 is 11.5 Å². The molecule has 1 aliphatic rings. The highest BCUT2D eigenvalue weighted by Gasteiger charge is 2.49. The van der Waals surface area contributed by atoms with Gasteiger partial charge in [-0.25, -0.2) is 9.59 Å². The lowest BCUT2D eigenvalue weighted by atomic mass is 9.96. The molecular weight excluding hydrogens is 244 g/mol. The van der Waals surface area contributed by atoms with Crippen LogP contribution in [0, 0.1) is 11.8 Å². The number of hydrogen-bond donors (Lipinski definition) is 2. The summed E-state index contributed by atoms with van der Waals surface area (Å²) in [6.45, 7) is 8.96. The molecule has 5 nitrogen and oxygen atoms in total. The molecule has 2 amide bonds. The normalized spacial score (nSPS) is 19.4. The third-order valence-electron chi connectivity index (χ3n) is 4.10. The minimum absolute atomic E-state index is 0.0660. The van der Waals surface area contributed by atoms with Gasteiger partial charge in [0, 0.05) is 13.1 Å². The molecule has 0 radical (unpaired) electrons. The maximum Gasteiger partial charge on any atom is 0.329 e. The van der Waals surface area contributed by atoms with Crippen LogP contribution in [0.5, 0.6) is 0 Å². The van der Waals surface area contributed by atoms with E-state index in [1.807, 2.05) is 6.92 Å². The number of nitrogens with one attached hydrogen (secondary N) is 1. The van der Waals surface area contributed by atoms with Crippen molar-refractivity contribution < 1.29 is 14.7 Å². The van der Waals surface area contributed by atoms with E-state index in [-0.39, 0.29) is 11.9 Å². The molecular formula is C14H26N2O3. The Labute approximate surface area is 115 Å². The second-order valence-corrected chi connectivity index (χ2v) is 5.76. The fraction of sp³-hybridized carbons (Fsp3) is 0.857. The SMILES string of the molecule is CCC(C)CN(CC)C(=O)NC(C)(C(=O)O)C1CC1. The quantitative estimate of drug-likeness (QED) is 0.746. The van der Waals surface area contributed by atoms with Crippen molar-refractivity contribution in [3.05, 3.63) is 0 Å². The van der Waals surface area contributed by atoms with Crippen LogP contribution in [-0.4, -0.2) is 40.6 Å². The Kier molecular flexibility index (Phi) is 5.20. The number of amides is 2. The van der Waals surface area contributed by atoms with Gasteiger partial charge in [-0.3, -0.25) is 0 Å². The van der Waals surface area contributed by atoms with Crippen LogP contribution in [0.1, 0.15) is 47.0 Å². The van der Waals surface area contributed by atoms with Crippen LogP contribution in [0.25, 0.3) is 0 Å². The molecule has 1 fully saturated rings. The van der Waals surface area contributed by atoms with Gasteiger partial charge in [-0.15, -0.1) is 0 Å². The third kappa shape index (κ3) is 3.85. The number of aliphatic carboxylic acids is 1. The molecule has 0 spiro atoms. The minimum atomic E-state index is -1.13. The number of rotatable bonds is 7. The summed E-state index contributed by atoms with van der Waals surface area (Å²) >= 11 is 0. The molecule has 0 bridgehead atoms. The largest absolute Gasteiger partial charge is 0.480 e. The summed E-state index contributed by atoms with van der Waals surface area (Å²) in [5.41, 5.74) is -1.13. The van der Waals surface area contributed by atoms with Crippen molar-refractivity contribution in [2.24, 2.45) is 11.8 Å². The number of nitrogens with zero attached hydrogens (tertiary/aromatic N) is 1. The highest BCUT2D eigenvalue weighted by Crippen LogP contribution is 2.39. The molecule has 110 valence electrons. The summed E-state index contributed by atoms with van der Waals surface area (Å²) in [5, 5.41) is 12.1. The van der Waals surface area contributed by atoms with Gasteiger partial charge in [0.1, 0.15) is 5.54 Å². The molecule has 0 heterocycles. The highest BCUT2D eigenvalue weighted by atomic mass is 16.4. The van der Waals surface area contributed by atoms with Crippen LogP contribution in [-0.2, 0) is 4.79 Å². The van der Waals surface area contributed by atoms with E-state index in [0.29, 0.717) is 19.0 Å². The van der Waals surface area contributed by atoms with Crippen LogP contribution in [0.4, 0.5) is 4.79 Å². The van der Waals surface area contributed by atoms with Gasteiger partial charge < -0.3 is 15.3 Å². The third-order valence-corrected chi connectivity index (χ3v) is 4.10. The van der Waals surface area contributed by atoms with Gasteiger partial charge in [0.15, 0.2) is 0 Å². The first-order chi connectivity index (χ1) is 8.85. The predicted octanol–water partition coefficient (Wildman–Crippen LogP) is 2.32. The van der Waals surface area contributed by atoms with E-state index in [1.54, 1.807) is 11.8 Å². The minimum Gasteiger partial charge on any atom is -0.480 e. The Balaban J connectivity index is 2.67. The van der Waals surface area contributed by atoms with Crippen LogP contribution in [0.15, 0.2) is 0 Å². The highest BCUT2D eigenvalue weighted by molar-refractivity contribution is 5.86. The Bertz CT molecular complexity index is 342. The van der Waals surface area contributed by atoms with Gasteiger partial charge in [0.05, 0.1) is 0 Å². The summed E-state index contributed by atoms with van der Waals surface area (Å²) in [6, 6.07) is -0.264. The first-order valence-corrected chi connectivity index (χ1v) is 7.15. The molecule has 5 heteroatoms. The maximum absolute atomic E-state index is 12.2. The van der Waals surface area contributed by atoms with E-state index in [9.17, 15) is 14.7 Å². The summed E-state index contributed by atoms with van der Waals surface area (Å²) in [5.74, 6) is -0.457. The lowest BCUT2D eigenvalue weighted by Gasteiger charge is -2.31. The molecule has 0 saturated heterocycles. The zero-order valence-corrected chi connectivity index (χ0v) is 12.4. The van der Waals surface area contributed by atoms with Gasteiger partial charge >= 0.3 is 12.0 Å². The van der Waals surface area contributed by atoms with Crippen molar-refractivity contribution >= 4 is 12.0 Å². The van der Waals surface area contributed by atoms with Crippen molar-refractivity contribution in [3.8, 4) is 0 Å². The van der Waals surface area contributed by atoms with Crippen LogP contribution < -0.4 is 5.32 Å². The molecule has 1 aliphatic carbocycles. The number of carbonyl (C=O) groups is 2. The van der Waals surface area contributed by atoms with Gasteiger partial charge in [0.25, 0.3) is 0 Å². The first kappa shape index (κ1) is 15.8. The Morgan fingerprint density at radius 3 is 2.37 bits per heavy atom. The summed E-state index contributed by atoms with van der Waals surface area (Å²) in [6.07, 6.45) is 2.75. The topological polar surface area (TPSA) is 69.6 Å². The molecule has 1 rings (SSSR count). The van der Waals surface area contributed by atoms with Gasteiger partial charge in [0.2, 0.25) is 0 Å². The monoisotopic (exact) mass is 270 g/mol. The van der Waals surface area contributed by atoms with Gasteiger partial charge in [-0.05, 0) is 38.5 Å². The summed E-state index contributed by atoms with van der Waals surface area (Å²) in [7, 11) is 0. The van der Waals surface area contributed by atoms with E-state index in [4.69, 9.17) is 0 Å².